The number of nitrogens with one attached hydrogen (secondary N) is 1. The molecule has 3 rings (SSSR count). The monoisotopic (exact) mass is 311 g/mol. The van der Waals surface area contributed by atoms with Crippen molar-refractivity contribution >= 4 is 11.6 Å². The molecule has 22 heavy (non-hydrogen) atoms. The van der Waals surface area contributed by atoms with Crippen LogP contribution in [0.5, 0.6) is 0 Å². The molecular weight excluding hydrogens is 294 g/mol. The van der Waals surface area contributed by atoms with Gasteiger partial charge in [0.2, 0.25) is 0 Å². The van der Waals surface area contributed by atoms with Gasteiger partial charge in [-0.1, -0.05) is 54.1 Å². The van der Waals surface area contributed by atoms with Crippen LogP contribution in [0, 0.1) is 0 Å². The molecule has 0 aliphatic heterocycles. The summed E-state index contributed by atoms with van der Waals surface area (Å²) in [5.41, 5.74) is 2.19. The maximum atomic E-state index is 6.20. The summed E-state index contributed by atoms with van der Waals surface area (Å²) in [6, 6.07) is 22.3. The van der Waals surface area contributed by atoms with Crippen LogP contribution in [-0.4, -0.2) is 0 Å². The zero-order chi connectivity index (χ0) is 15.4. The van der Waals surface area contributed by atoms with Gasteiger partial charge in [0.15, 0.2) is 0 Å². The minimum atomic E-state index is 0.273. The average Bonchev–Trinajstić information content (AvgIpc) is 3.02. The first-order chi connectivity index (χ1) is 10.7. The highest BCUT2D eigenvalue weighted by Gasteiger charge is 2.09. The normalized spacial score (nSPS) is 12.3. The first-order valence-corrected chi connectivity index (χ1v) is 7.74. The molecule has 0 spiro atoms. The Morgan fingerprint density at radius 2 is 1.68 bits per heavy atom. The minimum absolute atomic E-state index is 0.273. The molecule has 3 heteroatoms. The summed E-state index contributed by atoms with van der Waals surface area (Å²) in [7, 11) is 0. The van der Waals surface area contributed by atoms with Gasteiger partial charge in [0.25, 0.3) is 0 Å². The van der Waals surface area contributed by atoms with E-state index in [9.17, 15) is 0 Å². The molecule has 2 nitrogen and oxygen atoms in total. The van der Waals surface area contributed by atoms with Gasteiger partial charge in [-0.2, -0.15) is 0 Å². The Bertz CT molecular complexity index is 736. The molecule has 0 aliphatic rings. The number of hydrogen-bond donors (Lipinski definition) is 1. The van der Waals surface area contributed by atoms with Crippen LogP contribution in [0.3, 0.4) is 0 Å². The molecule has 0 fully saturated rings. The summed E-state index contributed by atoms with van der Waals surface area (Å²) < 4.78 is 5.89. The summed E-state index contributed by atoms with van der Waals surface area (Å²) in [4.78, 5) is 0. The fourth-order valence-electron chi connectivity index (χ4n) is 2.39. The fourth-order valence-corrected chi connectivity index (χ4v) is 2.62. The van der Waals surface area contributed by atoms with Gasteiger partial charge >= 0.3 is 0 Å². The van der Waals surface area contributed by atoms with Crippen LogP contribution < -0.4 is 5.32 Å². The molecule has 0 bridgehead atoms. The zero-order valence-corrected chi connectivity index (χ0v) is 13.2. The second-order valence-electron chi connectivity index (χ2n) is 5.26. The van der Waals surface area contributed by atoms with Gasteiger partial charge in [-0.05, 0) is 36.8 Å². The van der Waals surface area contributed by atoms with Crippen LogP contribution in [0.2, 0.25) is 5.02 Å². The molecule has 3 aromatic rings. The summed E-state index contributed by atoms with van der Waals surface area (Å²) in [6.07, 6.45) is 0. The predicted octanol–water partition coefficient (Wildman–Crippen LogP) is 5.45. The number of hydrogen-bond acceptors (Lipinski definition) is 2. The third kappa shape index (κ3) is 3.41. The highest BCUT2D eigenvalue weighted by atomic mass is 35.5. The molecule has 0 saturated heterocycles. The van der Waals surface area contributed by atoms with Crippen LogP contribution in [0.4, 0.5) is 0 Å². The lowest BCUT2D eigenvalue weighted by Gasteiger charge is -2.12. The Hall–Kier alpha value is -2.03. The molecule has 0 amide bonds. The van der Waals surface area contributed by atoms with E-state index in [1.165, 1.54) is 5.56 Å². The van der Waals surface area contributed by atoms with Crippen LogP contribution in [0.1, 0.15) is 24.3 Å². The van der Waals surface area contributed by atoms with Crippen molar-refractivity contribution in [1.82, 2.24) is 5.32 Å². The average molecular weight is 312 g/mol. The van der Waals surface area contributed by atoms with Crippen molar-refractivity contribution in [3.8, 4) is 11.3 Å². The lowest BCUT2D eigenvalue weighted by molar-refractivity contribution is 0.468. The van der Waals surface area contributed by atoms with E-state index in [0.29, 0.717) is 11.6 Å². The molecule has 0 unspecified atom stereocenters. The van der Waals surface area contributed by atoms with Gasteiger partial charge in [0, 0.05) is 11.6 Å². The van der Waals surface area contributed by atoms with Gasteiger partial charge < -0.3 is 9.73 Å². The van der Waals surface area contributed by atoms with Gasteiger partial charge in [-0.3, -0.25) is 0 Å². The quantitative estimate of drug-likeness (QED) is 0.677. The van der Waals surface area contributed by atoms with Crippen molar-refractivity contribution in [3.05, 3.63) is 83.1 Å². The minimum Gasteiger partial charge on any atom is -0.460 e. The van der Waals surface area contributed by atoms with Crippen LogP contribution in [-0.2, 0) is 6.54 Å². The highest BCUT2D eigenvalue weighted by Crippen LogP contribution is 2.29. The van der Waals surface area contributed by atoms with E-state index in [4.69, 9.17) is 16.0 Å². The third-order valence-electron chi connectivity index (χ3n) is 3.68. The Balaban J connectivity index is 1.67. The largest absolute Gasteiger partial charge is 0.460 e. The van der Waals surface area contributed by atoms with E-state index >= 15 is 0 Å². The molecular formula is C19H18ClNO. The van der Waals surface area contributed by atoms with E-state index in [-0.39, 0.29) is 6.04 Å². The summed E-state index contributed by atoms with van der Waals surface area (Å²) >= 11 is 6.20. The number of halogens is 1. The maximum Gasteiger partial charge on any atom is 0.135 e. The number of furan rings is 1. The number of benzene rings is 2. The first-order valence-electron chi connectivity index (χ1n) is 7.36. The van der Waals surface area contributed by atoms with Crippen molar-refractivity contribution in [2.75, 3.05) is 0 Å². The van der Waals surface area contributed by atoms with Crippen molar-refractivity contribution in [2.45, 2.75) is 19.5 Å². The molecule has 1 heterocycles. The summed E-state index contributed by atoms with van der Waals surface area (Å²) in [6.45, 7) is 2.83. The zero-order valence-electron chi connectivity index (χ0n) is 12.4. The maximum absolute atomic E-state index is 6.20. The SMILES string of the molecule is C[C@H](NCc1ccc(-c2ccccc2Cl)o1)c1ccccc1. The summed E-state index contributed by atoms with van der Waals surface area (Å²) in [5, 5.41) is 4.17. The van der Waals surface area contributed by atoms with Crippen molar-refractivity contribution < 1.29 is 4.42 Å². The first kappa shape index (κ1) is 14.9. The van der Waals surface area contributed by atoms with Gasteiger partial charge in [0.05, 0.1) is 11.6 Å². The van der Waals surface area contributed by atoms with Gasteiger partial charge in [-0.25, -0.2) is 0 Å². The highest BCUT2D eigenvalue weighted by molar-refractivity contribution is 6.33. The topological polar surface area (TPSA) is 25.2 Å². The lowest BCUT2D eigenvalue weighted by Crippen LogP contribution is -2.17. The molecule has 1 N–H and O–H groups in total. The van der Waals surface area contributed by atoms with Crippen LogP contribution in [0.15, 0.2) is 71.1 Å². The summed E-state index contributed by atoms with van der Waals surface area (Å²) in [5.74, 6) is 1.70. The van der Waals surface area contributed by atoms with Crippen molar-refractivity contribution in [2.24, 2.45) is 0 Å². The predicted molar refractivity (Wildman–Crippen MR) is 90.9 cm³/mol. The van der Waals surface area contributed by atoms with Crippen LogP contribution in [0.25, 0.3) is 11.3 Å². The second kappa shape index (κ2) is 6.82. The third-order valence-corrected chi connectivity index (χ3v) is 4.01. The van der Waals surface area contributed by atoms with Gasteiger partial charge in [-0.15, -0.1) is 0 Å². The standard InChI is InChI=1S/C19H18ClNO/c1-14(15-7-3-2-4-8-15)21-13-16-11-12-19(22-16)17-9-5-6-10-18(17)20/h2-12,14,21H,13H2,1H3/t14-/m0/s1. The molecule has 0 saturated carbocycles. The molecule has 2 aromatic carbocycles. The van der Waals surface area contributed by atoms with E-state index in [1.54, 1.807) is 0 Å². The number of rotatable bonds is 5. The van der Waals surface area contributed by atoms with Crippen LogP contribution >= 0.6 is 11.6 Å². The van der Waals surface area contributed by atoms with E-state index < -0.39 is 0 Å². The van der Waals surface area contributed by atoms with Crippen molar-refractivity contribution in [1.29, 1.82) is 0 Å². The Morgan fingerprint density at radius 3 is 2.45 bits per heavy atom. The van der Waals surface area contributed by atoms with E-state index in [1.807, 2.05) is 42.5 Å². The Labute approximate surface area is 135 Å². The fraction of sp³-hybridized carbons (Fsp3) is 0.158. The molecule has 0 aliphatic carbocycles. The van der Waals surface area contributed by atoms with Crippen molar-refractivity contribution in [3.63, 3.8) is 0 Å². The van der Waals surface area contributed by atoms with E-state index in [0.717, 1.165) is 17.1 Å². The smallest absolute Gasteiger partial charge is 0.135 e. The second-order valence-corrected chi connectivity index (χ2v) is 5.67. The molecule has 1 atom stereocenters. The lowest BCUT2D eigenvalue weighted by atomic mass is 10.1. The van der Waals surface area contributed by atoms with Gasteiger partial charge in [0.1, 0.15) is 11.5 Å². The van der Waals surface area contributed by atoms with E-state index in [2.05, 4.69) is 36.5 Å². The molecule has 112 valence electrons. The molecule has 0 radical (unpaired) electrons. The Kier molecular flexibility index (Phi) is 4.62. The molecule has 1 aromatic heterocycles. The Morgan fingerprint density at radius 1 is 0.955 bits per heavy atom.